The average Bonchev–Trinajstić information content (AvgIpc) is 3.55. The molecule has 9 heteroatoms. The minimum atomic E-state index is -1.26. The summed E-state index contributed by atoms with van der Waals surface area (Å²) in [5, 5.41) is 10.7. The zero-order valence-corrected chi connectivity index (χ0v) is 25.2. The number of rotatable bonds is 10. The number of benzene rings is 2. The van der Waals surface area contributed by atoms with Gasteiger partial charge in [0, 0.05) is 17.1 Å². The number of ether oxygens (including phenoxy) is 2. The first-order valence-electron chi connectivity index (χ1n) is 14.1. The van der Waals surface area contributed by atoms with Crippen molar-refractivity contribution < 1.29 is 29.0 Å². The van der Waals surface area contributed by atoms with Gasteiger partial charge in [-0.1, -0.05) is 64.5 Å². The molecule has 5 rings (SSSR count). The van der Waals surface area contributed by atoms with Gasteiger partial charge in [0.05, 0.1) is 37.2 Å². The third-order valence-electron chi connectivity index (χ3n) is 8.67. The van der Waals surface area contributed by atoms with Crippen LogP contribution in [0.15, 0.2) is 61.2 Å². The second-order valence-corrected chi connectivity index (χ2v) is 12.4. The Kier molecular flexibility index (Phi) is 8.41. The summed E-state index contributed by atoms with van der Waals surface area (Å²) in [6, 6.07) is 13.7. The van der Waals surface area contributed by atoms with Crippen LogP contribution in [0.3, 0.4) is 0 Å². The van der Waals surface area contributed by atoms with Crippen molar-refractivity contribution in [2.75, 3.05) is 24.7 Å². The van der Waals surface area contributed by atoms with E-state index in [0.29, 0.717) is 12.8 Å². The van der Waals surface area contributed by atoms with Crippen LogP contribution in [-0.2, 0) is 30.3 Å². The van der Waals surface area contributed by atoms with Crippen LogP contribution < -0.4 is 4.90 Å². The molecule has 3 heterocycles. The monoisotopic (exact) mass is 624 g/mol. The molecule has 3 aliphatic rings. The molecule has 41 heavy (non-hydrogen) atoms. The van der Waals surface area contributed by atoms with E-state index in [1.807, 2.05) is 62.4 Å². The van der Waals surface area contributed by atoms with Crippen molar-refractivity contribution in [1.82, 2.24) is 4.90 Å². The third kappa shape index (κ3) is 4.91. The fourth-order valence-corrected chi connectivity index (χ4v) is 7.92. The molecule has 218 valence electrons. The number of esters is 1. The number of aryl methyl sites for hydroxylation is 2. The highest BCUT2D eigenvalue weighted by Crippen LogP contribution is 2.61. The first-order valence-corrected chi connectivity index (χ1v) is 15.0. The number of carbonyl (C=O) groups excluding carboxylic acids is 3. The van der Waals surface area contributed by atoms with Gasteiger partial charge >= 0.3 is 5.97 Å². The van der Waals surface area contributed by atoms with Crippen LogP contribution in [0.1, 0.15) is 30.0 Å². The van der Waals surface area contributed by atoms with E-state index in [-0.39, 0.29) is 36.4 Å². The third-order valence-corrected chi connectivity index (χ3v) is 9.52. The highest BCUT2D eigenvalue weighted by atomic mass is 79.9. The molecule has 3 saturated heterocycles. The van der Waals surface area contributed by atoms with Crippen LogP contribution >= 0.6 is 15.9 Å². The summed E-state index contributed by atoms with van der Waals surface area (Å²) in [7, 11) is 0. The Labute approximate surface area is 249 Å². The van der Waals surface area contributed by atoms with E-state index in [2.05, 4.69) is 22.5 Å². The molecule has 2 aromatic rings. The number of aliphatic hydroxyl groups excluding tert-OH is 1. The molecule has 0 radical (unpaired) electrons. The maximum absolute atomic E-state index is 14.9. The predicted molar refractivity (Wildman–Crippen MR) is 159 cm³/mol. The second-order valence-electron chi connectivity index (χ2n) is 11.2. The van der Waals surface area contributed by atoms with Gasteiger partial charge in [0.1, 0.15) is 11.6 Å². The number of halogens is 1. The molecule has 0 aliphatic carbocycles. The van der Waals surface area contributed by atoms with E-state index in [1.54, 1.807) is 17.9 Å². The zero-order valence-electron chi connectivity index (χ0n) is 23.7. The SMILES string of the molecule is C=CCN(C(=O)[C@@H]1N([C@@H](CO)Cc2ccccc2)C(=O)[C@H]2[C@H](C(=O)OCC)[C@H]3O[C@@]12CC3Br)c1cc(C)ccc1C. The molecule has 7 atom stereocenters. The fourth-order valence-electron chi connectivity index (χ4n) is 6.98. The average molecular weight is 626 g/mol. The molecule has 2 bridgehead atoms. The van der Waals surface area contributed by atoms with Crippen molar-refractivity contribution in [2.24, 2.45) is 11.8 Å². The van der Waals surface area contributed by atoms with Gasteiger partial charge in [-0.05, 0) is 56.4 Å². The summed E-state index contributed by atoms with van der Waals surface area (Å²) in [5.74, 6) is -2.95. The van der Waals surface area contributed by atoms with Crippen molar-refractivity contribution in [3.63, 3.8) is 0 Å². The van der Waals surface area contributed by atoms with E-state index < -0.39 is 41.6 Å². The first kappa shape index (κ1) is 29.5. The predicted octanol–water partition coefficient (Wildman–Crippen LogP) is 3.74. The van der Waals surface area contributed by atoms with Crippen LogP contribution in [-0.4, -0.2) is 76.2 Å². The Morgan fingerprint density at radius 2 is 2.00 bits per heavy atom. The first-order chi connectivity index (χ1) is 19.7. The van der Waals surface area contributed by atoms with Gasteiger partial charge in [-0.3, -0.25) is 14.4 Å². The number of carbonyl (C=O) groups is 3. The molecule has 3 fully saturated rings. The number of alkyl halides is 1. The number of amides is 2. The van der Waals surface area contributed by atoms with Crippen LogP contribution in [0.25, 0.3) is 0 Å². The fraction of sp³-hybridized carbons (Fsp3) is 0.469. The van der Waals surface area contributed by atoms with E-state index >= 15 is 0 Å². The van der Waals surface area contributed by atoms with Gasteiger partial charge in [-0.25, -0.2) is 0 Å². The van der Waals surface area contributed by atoms with Crippen molar-refractivity contribution in [1.29, 1.82) is 0 Å². The summed E-state index contributed by atoms with van der Waals surface area (Å²) in [6.07, 6.45) is 1.77. The number of anilines is 1. The molecular weight excluding hydrogens is 588 g/mol. The number of fused-ring (bicyclic) bond motifs is 1. The van der Waals surface area contributed by atoms with Crippen LogP contribution in [0.5, 0.6) is 0 Å². The second kappa shape index (κ2) is 11.7. The Morgan fingerprint density at radius 1 is 1.27 bits per heavy atom. The van der Waals surface area contributed by atoms with Gasteiger partial charge in [-0.15, -0.1) is 6.58 Å². The minimum absolute atomic E-state index is 0.169. The van der Waals surface area contributed by atoms with E-state index in [4.69, 9.17) is 9.47 Å². The van der Waals surface area contributed by atoms with Gasteiger partial charge in [0.15, 0.2) is 0 Å². The van der Waals surface area contributed by atoms with Crippen molar-refractivity contribution in [3.8, 4) is 0 Å². The van der Waals surface area contributed by atoms with Crippen LogP contribution in [0.4, 0.5) is 5.69 Å². The summed E-state index contributed by atoms with van der Waals surface area (Å²) < 4.78 is 12.0. The minimum Gasteiger partial charge on any atom is -0.466 e. The summed E-state index contributed by atoms with van der Waals surface area (Å²) >= 11 is 3.69. The quantitative estimate of drug-likeness (QED) is 0.246. The molecular formula is C32H37BrN2O6. The van der Waals surface area contributed by atoms with E-state index in [1.165, 1.54) is 4.90 Å². The highest BCUT2D eigenvalue weighted by molar-refractivity contribution is 9.09. The molecule has 2 aromatic carbocycles. The molecule has 1 unspecified atom stereocenters. The normalized spacial score (nSPS) is 28.9. The van der Waals surface area contributed by atoms with Crippen molar-refractivity contribution >= 4 is 39.4 Å². The molecule has 2 amide bonds. The van der Waals surface area contributed by atoms with Crippen LogP contribution in [0, 0.1) is 25.7 Å². The molecule has 1 spiro atoms. The highest BCUT2D eigenvalue weighted by Gasteiger charge is 2.77. The topological polar surface area (TPSA) is 96.4 Å². The smallest absolute Gasteiger partial charge is 0.312 e. The summed E-state index contributed by atoms with van der Waals surface area (Å²) in [4.78, 5) is 45.5. The lowest BCUT2D eigenvalue weighted by molar-refractivity contribution is -0.155. The number of likely N-dealkylation sites (tertiary alicyclic amines) is 1. The molecule has 8 nitrogen and oxygen atoms in total. The van der Waals surface area contributed by atoms with Gasteiger partial charge in [0.25, 0.3) is 5.91 Å². The Morgan fingerprint density at radius 3 is 2.66 bits per heavy atom. The maximum atomic E-state index is 14.9. The van der Waals surface area contributed by atoms with E-state index in [0.717, 1.165) is 22.4 Å². The van der Waals surface area contributed by atoms with Gasteiger partial charge in [0.2, 0.25) is 5.91 Å². The van der Waals surface area contributed by atoms with Gasteiger partial charge < -0.3 is 24.4 Å². The largest absolute Gasteiger partial charge is 0.466 e. The summed E-state index contributed by atoms with van der Waals surface area (Å²) in [6.45, 7) is 9.54. The van der Waals surface area contributed by atoms with E-state index in [9.17, 15) is 19.5 Å². The molecule has 0 aromatic heterocycles. The van der Waals surface area contributed by atoms with Crippen LogP contribution in [0.2, 0.25) is 0 Å². The standard InChI is InChI=1S/C32H37BrN2O6/c1-5-14-34(24-15-19(3)12-13-20(24)4)30(38)28-32-17-23(33)27(41-32)25(31(39)40-6-2)26(32)29(37)35(28)22(18-36)16-21-10-8-7-9-11-21/h5,7-13,15,22-23,25-28,36H,1,6,14,16-18H2,2-4H3/t22-,23?,25+,26-,27+,28+,32-/m1/s1. The lowest BCUT2D eigenvalue weighted by Crippen LogP contribution is -2.59. The van der Waals surface area contributed by atoms with Crippen molar-refractivity contribution in [2.45, 2.75) is 62.2 Å². The number of hydrogen-bond donors (Lipinski definition) is 1. The molecule has 3 aliphatic heterocycles. The maximum Gasteiger partial charge on any atom is 0.312 e. The molecule has 0 saturated carbocycles. The number of nitrogens with zero attached hydrogens (tertiary/aromatic N) is 2. The van der Waals surface area contributed by atoms with Gasteiger partial charge in [-0.2, -0.15) is 0 Å². The summed E-state index contributed by atoms with van der Waals surface area (Å²) in [5.41, 5.74) is 2.27. The van der Waals surface area contributed by atoms with Crippen molar-refractivity contribution in [3.05, 3.63) is 77.9 Å². The number of aliphatic hydroxyl groups is 1. The molecule has 1 N–H and O–H groups in total. The Bertz CT molecular complexity index is 1330. The zero-order chi connectivity index (χ0) is 29.5. The Balaban J connectivity index is 1.65. The number of hydrogen-bond acceptors (Lipinski definition) is 6. The lowest BCUT2D eigenvalue weighted by atomic mass is 9.70. The Hall–Kier alpha value is -3.01. The lowest BCUT2D eigenvalue weighted by Gasteiger charge is -2.39.